The van der Waals surface area contributed by atoms with E-state index in [0.717, 1.165) is 12.5 Å². The summed E-state index contributed by atoms with van der Waals surface area (Å²) >= 11 is 5.49. The summed E-state index contributed by atoms with van der Waals surface area (Å²) < 4.78 is 1.27. The van der Waals surface area contributed by atoms with Crippen molar-refractivity contribution in [1.29, 1.82) is 0 Å². The summed E-state index contributed by atoms with van der Waals surface area (Å²) in [7, 11) is 0. The SMILES string of the molecule is CCNC(CCC1CC1)c1sccc1Br. The van der Waals surface area contributed by atoms with Crippen molar-refractivity contribution in [1.82, 2.24) is 5.32 Å². The van der Waals surface area contributed by atoms with Crippen LogP contribution in [0.4, 0.5) is 0 Å². The Labute approximate surface area is 104 Å². The molecule has 0 amide bonds. The van der Waals surface area contributed by atoms with E-state index in [2.05, 4.69) is 39.6 Å². The molecule has 1 aliphatic carbocycles. The molecule has 3 heteroatoms. The lowest BCUT2D eigenvalue weighted by molar-refractivity contribution is 0.487. The highest BCUT2D eigenvalue weighted by atomic mass is 79.9. The van der Waals surface area contributed by atoms with Gasteiger partial charge in [-0.15, -0.1) is 11.3 Å². The topological polar surface area (TPSA) is 12.0 Å². The molecule has 1 atom stereocenters. The van der Waals surface area contributed by atoms with Crippen LogP contribution in [0.1, 0.15) is 43.5 Å². The van der Waals surface area contributed by atoms with Gasteiger partial charge in [0.15, 0.2) is 0 Å². The van der Waals surface area contributed by atoms with Crippen molar-refractivity contribution in [3.8, 4) is 0 Å². The molecule has 0 spiro atoms. The standard InChI is InChI=1S/C12H18BrNS/c1-2-14-11(6-5-9-3-4-9)12-10(13)7-8-15-12/h7-9,11,14H,2-6H2,1H3. The Morgan fingerprint density at radius 3 is 2.93 bits per heavy atom. The van der Waals surface area contributed by atoms with E-state index in [0.29, 0.717) is 6.04 Å². The van der Waals surface area contributed by atoms with E-state index in [1.807, 2.05) is 11.3 Å². The van der Waals surface area contributed by atoms with Crippen molar-refractivity contribution in [3.05, 3.63) is 20.8 Å². The molecule has 0 aromatic carbocycles. The maximum Gasteiger partial charge on any atom is 0.0426 e. The smallest absolute Gasteiger partial charge is 0.0426 e. The van der Waals surface area contributed by atoms with Crippen LogP contribution in [0.5, 0.6) is 0 Å². The fourth-order valence-electron chi connectivity index (χ4n) is 1.94. The van der Waals surface area contributed by atoms with Crippen LogP contribution in [0.3, 0.4) is 0 Å². The zero-order valence-corrected chi connectivity index (χ0v) is 11.5. The van der Waals surface area contributed by atoms with Crippen molar-refractivity contribution in [2.24, 2.45) is 5.92 Å². The summed E-state index contributed by atoms with van der Waals surface area (Å²) in [5.41, 5.74) is 0. The molecule has 1 aromatic rings. The summed E-state index contributed by atoms with van der Waals surface area (Å²) in [5, 5.41) is 5.76. The molecule has 1 aliphatic rings. The van der Waals surface area contributed by atoms with E-state index in [1.54, 1.807) is 0 Å². The van der Waals surface area contributed by atoms with Gasteiger partial charge in [0, 0.05) is 15.4 Å². The molecule has 1 saturated carbocycles. The van der Waals surface area contributed by atoms with E-state index >= 15 is 0 Å². The minimum Gasteiger partial charge on any atom is -0.309 e. The fourth-order valence-corrected chi connectivity index (χ4v) is 3.70. The molecule has 0 aliphatic heterocycles. The number of rotatable bonds is 6. The van der Waals surface area contributed by atoms with Crippen LogP contribution in [-0.2, 0) is 0 Å². The maximum absolute atomic E-state index is 3.63. The van der Waals surface area contributed by atoms with Crippen molar-refractivity contribution < 1.29 is 0 Å². The molecule has 1 unspecified atom stereocenters. The van der Waals surface area contributed by atoms with Crippen LogP contribution in [0, 0.1) is 5.92 Å². The largest absolute Gasteiger partial charge is 0.309 e. The van der Waals surface area contributed by atoms with E-state index in [1.165, 1.54) is 35.0 Å². The normalized spacial score (nSPS) is 18.0. The first-order valence-corrected chi connectivity index (χ1v) is 7.44. The Morgan fingerprint density at radius 1 is 1.60 bits per heavy atom. The zero-order chi connectivity index (χ0) is 10.7. The molecule has 0 saturated heterocycles. The minimum atomic E-state index is 0.560. The highest BCUT2D eigenvalue weighted by molar-refractivity contribution is 9.10. The molecule has 84 valence electrons. The first kappa shape index (κ1) is 11.6. The van der Waals surface area contributed by atoms with E-state index in [4.69, 9.17) is 0 Å². The van der Waals surface area contributed by atoms with Gasteiger partial charge in [0.05, 0.1) is 0 Å². The van der Waals surface area contributed by atoms with Crippen molar-refractivity contribution >= 4 is 27.3 Å². The molecule has 2 rings (SSSR count). The Kier molecular flexibility index (Phi) is 4.23. The van der Waals surface area contributed by atoms with Gasteiger partial charge in [0.1, 0.15) is 0 Å². The highest BCUT2D eigenvalue weighted by Gasteiger charge is 2.23. The second-order valence-electron chi connectivity index (χ2n) is 4.26. The van der Waals surface area contributed by atoms with E-state index < -0.39 is 0 Å². The second-order valence-corrected chi connectivity index (χ2v) is 6.07. The molecule has 0 radical (unpaired) electrons. The third-order valence-electron chi connectivity index (χ3n) is 2.97. The van der Waals surface area contributed by atoms with Gasteiger partial charge in [0.2, 0.25) is 0 Å². The Hall–Kier alpha value is 0.140. The van der Waals surface area contributed by atoms with Crippen molar-refractivity contribution in [2.45, 2.75) is 38.6 Å². The lowest BCUT2D eigenvalue weighted by atomic mass is 10.1. The lowest BCUT2D eigenvalue weighted by Gasteiger charge is -2.16. The van der Waals surface area contributed by atoms with Crippen molar-refractivity contribution in [3.63, 3.8) is 0 Å². The number of halogens is 1. The summed E-state index contributed by atoms with van der Waals surface area (Å²) in [4.78, 5) is 1.47. The first-order chi connectivity index (χ1) is 7.31. The van der Waals surface area contributed by atoms with Gasteiger partial charge in [0.25, 0.3) is 0 Å². The number of thiophene rings is 1. The van der Waals surface area contributed by atoms with Crippen molar-refractivity contribution in [2.75, 3.05) is 6.54 Å². The molecular weight excluding hydrogens is 270 g/mol. The number of hydrogen-bond donors (Lipinski definition) is 1. The quantitative estimate of drug-likeness (QED) is 0.820. The summed E-state index contributed by atoms with van der Waals surface area (Å²) in [6.07, 6.45) is 5.61. The second kappa shape index (κ2) is 5.46. The molecule has 1 aromatic heterocycles. The monoisotopic (exact) mass is 287 g/mol. The maximum atomic E-state index is 3.63. The molecule has 1 fully saturated rings. The highest BCUT2D eigenvalue weighted by Crippen LogP contribution is 2.38. The molecule has 15 heavy (non-hydrogen) atoms. The van der Waals surface area contributed by atoms with Gasteiger partial charge < -0.3 is 5.32 Å². The van der Waals surface area contributed by atoms with Gasteiger partial charge >= 0.3 is 0 Å². The predicted octanol–water partition coefficient (Wildman–Crippen LogP) is 4.35. The van der Waals surface area contributed by atoms with E-state index in [9.17, 15) is 0 Å². The molecule has 1 N–H and O–H groups in total. The van der Waals surface area contributed by atoms with Crippen LogP contribution >= 0.6 is 27.3 Å². The van der Waals surface area contributed by atoms with Gasteiger partial charge in [-0.25, -0.2) is 0 Å². The number of nitrogens with one attached hydrogen (secondary N) is 1. The third-order valence-corrected chi connectivity index (χ3v) is 4.96. The first-order valence-electron chi connectivity index (χ1n) is 5.77. The molecule has 1 nitrogen and oxygen atoms in total. The van der Waals surface area contributed by atoms with E-state index in [-0.39, 0.29) is 0 Å². The Balaban J connectivity index is 1.94. The molecule has 1 heterocycles. The van der Waals surface area contributed by atoms with Crippen LogP contribution in [-0.4, -0.2) is 6.54 Å². The zero-order valence-electron chi connectivity index (χ0n) is 9.13. The van der Waals surface area contributed by atoms with Crippen LogP contribution in [0.15, 0.2) is 15.9 Å². The summed E-state index contributed by atoms with van der Waals surface area (Å²) in [6.45, 7) is 3.24. The van der Waals surface area contributed by atoms with Gasteiger partial charge in [-0.1, -0.05) is 19.8 Å². The average Bonchev–Trinajstić information content (AvgIpc) is 2.96. The van der Waals surface area contributed by atoms with Crippen LogP contribution in [0.2, 0.25) is 0 Å². The Morgan fingerprint density at radius 2 is 2.40 bits per heavy atom. The Bertz CT molecular complexity index is 306. The predicted molar refractivity (Wildman–Crippen MR) is 70.4 cm³/mol. The lowest BCUT2D eigenvalue weighted by Crippen LogP contribution is -2.20. The average molecular weight is 288 g/mol. The van der Waals surface area contributed by atoms with Gasteiger partial charge in [-0.2, -0.15) is 0 Å². The molecule has 0 bridgehead atoms. The van der Waals surface area contributed by atoms with Gasteiger partial charge in [-0.3, -0.25) is 0 Å². The summed E-state index contributed by atoms with van der Waals surface area (Å²) in [6, 6.07) is 2.71. The number of hydrogen-bond acceptors (Lipinski definition) is 2. The van der Waals surface area contributed by atoms with Crippen LogP contribution in [0.25, 0.3) is 0 Å². The molecular formula is C12H18BrNS. The summed E-state index contributed by atoms with van der Waals surface area (Å²) in [5.74, 6) is 1.03. The van der Waals surface area contributed by atoms with Crippen LogP contribution < -0.4 is 5.32 Å². The third kappa shape index (κ3) is 3.30. The minimum absolute atomic E-state index is 0.560. The fraction of sp³-hybridized carbons (Fsp3) is 0.667. The van der Waals surface area contributed by atoms with Gasteiger partial charge in [-0.05, 0) is 52.7 Å².